The lowest BCUT2D eigenvalue weighted by Gasteiger charge is -2.36. The molecular weight excluding hydrogens is 719 g/mol. The Bertz CT molecular complexity index is 2150. The number of benzene rings is 4. The number of fused-ring (bicyclic) bond motifs is 2. The first-order chi connectivity index (χ1) is 27.1. The van der Waals surface area contributed by atoms with Gasteiger partial charge >= 0.3 is 0 Å². The Labute approximate surface area is 325 Å². The van der Waals surface area contributed by atoms with Gasteiger partial charge in [-0.15, -0.1) is 0 Å². The van der Waals surface area contributed by atoms with Crippen LogP contribution in [0.15, 0.2) is 72.8 Å². The molecule has 0 saturated carbocycles. The number of piperidine rings is 1. The third-order valence-corrected chi connectivity index (χ3v) is 11.7. The number of unbranched alkanes of at least 4 members (excludes halogenated alkanes) is 2. The molecule has 4 heterocycles. The number of amides is 3. The van der Waals surface area contributed by atoms with Crippen molar-refractivity contribution in [1.82, 2.24) is 15.1 Å². The van der Waals surface area contributed by atoms with Gasteiger partial charge in [0.1, 0.15) is 23.4 Å². The minimum Gasteiger partial charge on any atom is -0.508 e. The highest BCUT2D eigenvalue weighted by Crippen LogP contribution is 2.48. The monoisotopic (exact) mass is 764 g/mol. The van der Waals surface area contributed by atoms with Crippen molar-refractivity contribution in [1.29, 1.82) is 0 Å². The SMILES string of the molecule is Cc1cc(F)ccc1[C@H]1COc2cc(O)ccc2[C@H]1c1ccc(OCCCCCN2CCN(c3ccc4c(c3)CN(C3CCC(=O)NC3=O)C4=O)CC2)c(F)c1. The fraction of sp³-hybridized carbons (Fsp3) is 0.386. The number of carbonyl (C=O) groups is 3. The van der Waals surface area contributed by atoms with Gasteiger partial charge in [-0.25, -0.2) is 8.78 Å². The Hall–Kier alpha value is -5.49. The first kappa shape index (κ1) is 37.4. The van der Waals surface area contributed by atoms with Gasteiger partial charge in [0, 0.05) is 73.9 Å². The Balaban J connectivity index is 0.800. The van der Waals surface area contributed by atoms with Crippen LogP contribution in [0, 0.1) is 18.6 Å². The lowest BCUT2D eigenvalue weighted by atomic mass is 9.75. The molecule has 4 aromatic rings. The molecule has 2 saturated heterocycles. The summed E-state index contributed by atoms with van der Waals surface area (Å²) in [5.41, 5.74) is 5.91. The van der Waals surface area contributed by atoms with E-state index in [-0.39, 0.29) is 47.4 Å². The molecular formula is C44H46F2N4O6. The second kappa shape index (κ2) is 15.9. The molecule has 0 radical (unpaired) electrons. The predicted octanol–water partition coefficient (Wildman–Crippen LogP) is 6.42. The minimum absolute atomic E-state index is 0.0894. The molecule has 1 unspecified atom stereocenters. The van der Waals surface area contributed by atoms with Crippen LogP contribution in [0.5, 0.6) is 17.2 Å². The Kier molecular flexibility index (Phi) is 10.7. The van der Waals surface area contributed by atoms with E-state index in [0.717, 1.165) is 85.5 Å². The van der Waals surface area contributed by atoms with Crippen molar-refractivity contribution in [2.24, 2.45) is 0 Å². The maximum Gasteiger partial charge on any atom is 0.255 e. The molecule has 12 heteroatoms. The third-order valence-electron chi connectivity index (χ3n) is 11.7. The van der Waals surface area contributed by atoms with Crippen LogP contribution in [-0.4, -0.2) is 84.6 Å². The Morgan fingerprint density at radius 3 is 2.50 bits per heavy atom. The van der Waals surface area contributed by atoms with Gasteiger partial charge in [-0.3, -0.25) is 24.6 Å². The summed E-state index contributed by atoms with van der Waals surface area (Å²) in [7, 11) is 0. The van der Waals surface area contributed by atoms with Crippen LogP contribution >= 0.6 is 0 Å². The number of phenols is 1. The van der Waals surface area contributed by atoms with Gasteiger partial charge in [0.2, 0.25) is 11.8 Å². The van der Waals surface area contributed by atoms with Crippen molar-refractivity contribution < 1.29 is 37.7 Å². The van der Waals surface area contributed by atoms with Crippen LogP contribution < -0.4 is 19.7 Å². The third kappa shape index (κ3) is 7.67. The molecule has 292 valence electrons. The largest absolute Gasteiger partial charge is 0.508 e. The van der Waals surface area contributed by atoms with Crippen LogP contribution in [0.4, 0.5) is 14.5 Å². The highest BCUT2D eigenvalue weighted by molar-refractivity contribution is 6.05. The number of aryl methyl sites for hydroxylation is 1. The van der Waals surface area contributed by atoms with Crippen molar-refractivity contribution in [3.05, 3.63) is 118 Å². The van der Waals surface area contributed by atoms with Gasteiger partial charge in [0.05, 0.1) is 13.2 Å². The second-order valence-electron chi connectivity index (χ2n) is 15.3. The van der Waals surface area contributed by atoms with Crippen LogP contribution in [0.2, 0.25) is 0 Å². The quantitative estimate of drug-likeness (QED) is 0.133. The molecule has 8 rings (SSSR count). The molecule has 0 aromatic heterocycles. The van der Waals surface area contributed by atoms with E-state index in [1.165, 1.54) is 18.2 Å². The number of piperazine rings is 1. The maximum atomic E-state index is 15.6. The topological polar surface area (TPSA) is 112 Å². The van der Waals surface area contributed by atoms with E-state index in [4.69, 9.17) is 9.47 Å². The lowest BCUT2D eigenvalue weighted by Crippen LogP contribution is -2.52. The number of anilines is 1. The molecule has 3 atom stereocenters. The van der Waals surface area contributed by atoms with E-state index < -0.39 is 17.8 Å². The van der Waals surface area contributed by atoms with E-state index in [1.54, 1.807) is 29.2 Å². The zero-order chi connectivity index (χ0) is 38.9. The van der Waals surface area contributed by atoms with E-state index in [1.807, 2.05) is 31.2 Å². The molecule has 56 heavy (non-hydrogen) atoms. The van der Waals surface area contributed by atoms with Crippen molar-refractivity contribution >= 4 is 23.4 Å². The fourth-order valence-electron chi connectivity index (χ4n) is 8.75. The average molecular weight is 765 g/mol. The van der Waals surface area contributed by atoms with Crippen LogP contribution in [0.25, 0.3) is 0 Å². The number of imide groups is 1. The summed E-state index contributed by atoms with van der Waals surface area (Å²) >= 11 is 0. The van der Waals surface area contributed by atoms with Crippen molar-refractivity contribution in [2.45, 2.75) is 63.5 Å². The number of hydrogen-bond donors (Lipinski definition) is 2. The smallest absolute Gasteiger partial charge is 0.255 e. The highest BCUT2D eigenvalue weighted by atomic mass is 19.1. The molecule has 3 amide bonds. The van der Waals surface area contributed by atoms with Crippen LogP contribution in [0.3, 0.4) is 0 Å². The second-order valence-corrected chi connectivity index (χ2v) is 15.3. The molecule has 0 aliphatic carbocycles. The lowest BCUT2D eigenvalue weighted by molar-refractivity contribution is -0.136. The summed E-state index contributed by atoms with van der Waals surface area (Å²) in [5, 5.41) is 12.4. The number of carbonyl (C=O) groups excluding carboxylic acids is 3. The predicted molar refractivity (Wildman–Crippen MR) is 206 cm³/mol. The fourth-order valence-corrected chi connectivity index (χ4v) is 8.75. The molecule has 2 fully saturated rings. The first-order valence-electron chi connectivity index (χ1n) is 19.5. The summed E-state index contributed by atoms with van der Waals surface area (Å²) in [5.74, 6) is -1.22. The van der Waals surface area contributed by atoms with E-state index in [2.05, 4.69) is 21.2 Å². The Morgan fingerprint density at radius 2 is 1.71 bits per heavy atom. The summed E-state index contributed by atoms with van der Waals surface area (Å²) < 4.78 is 41.5. The molecule has 0 spiro atoms. The molecule has 0 bridgehead atoms. The number of aromatic hydroxyl groups is 1. The number of nitrogens with zero attached hydrogens (tertiary/aromatic N) is 3. The minimum atomic E-state index is -0.618. The summed E-state index contributed by atoms with van der Waals surface area (Å²) in [6, 6.07) is 20.1. The van der Waals surface area contributed by atoms with E-state index in [0.29, 0.717) is 37.5 Å². The van der Waals surface area contributed by atoms with Gasteiger partial charge in [0.15, 0.2) is 11.6 Å². The number of ether oxygens (including phenoxy) is 2. The molecule has 4 aliphatic rings. The number of nitrogens with one attached hydrogen (secondary N) is 1. The van der Waals surface area contributed by atoms with E-state index >= 15 is 4.39 Å². The summed E-state index contributed by atoms with van der Waals surface area (Å²) in [4.78, 5) is 43.4. The number of halogens is 2. The van der Waals surface area contributed by atoms with Gasteiger partial charge in [-0.1, -0.05) is 18.2 Å². The highest BCUT2D eigenvalue weighted by Gasteiger charge is 2.39. The average Bonchev–Trinajstić information content (AvgIpc) is 3.51. The van der Waals surface area contributed by atoms with E-state index in [9.17, 15) is 23.9 Å². The van der Waals surface area contributed by atoms with Gasteiger partial charge in [-0.2, -0.15) is 0 Å². The maximum absolute atomic E-state index is 15.6. The Morgan fingerprint density at radius 1 is 0.893 bits per heavy atom. The van der Waals surface area contributed by atoms with Gasteiger partial charge in [-0.05, 0) is 110 Å². The van der Waals surface area contributed by atoms with Crippen molar-refractivity contribution in [3.63, 3.8) is 0 Å². The zero-order valence-electron chi connectivity index (χ0n) is 31.4. The van der Waals surface area contributed by atoms with Crippen molar-refractivity contribution in [2.75, 3.05) is 50.8 Å². The molecule has 10 nitrogen and oxygen atoms in total. The summed E-state index contributed by atoms with van der Waals surface area (Å²) in [6.07, 6.45) is 3.34. The first-order valence-corrected chi connectivity index (χ1v) is 19.5. The number of rotatable bonds is 11. The van der Waals surface area contributed by atoms with Gasteiger partial charge in [0.25, 0.3) is 5.91 Å². The number of phenolic OH excluding ortho intramolecular Hbond substituents is 1. The van der Waals surface area contributed by atoms with Crippen LogP contribution in [0.1, 0.15) is 82.1 Å². The zero-order valence-corrected chi connectivity index (χ0v) is 31.4. The van der Waals surface area contributed by atoms with Crippen LogP contribution in [-0.2, 0) is 16.1 Å². The standard InChI is InChI=1S/C44H46F2N4O6/c1-27-21-30(45)6-9-33(27)36-26-56-40-24-32(51)8-11-35(40)42(36)28-5-13-39(37(46)23-28)55-20-4-2-3-15-48-16-18-49(19-17-48)31-7-10-34-29(22-31)25-50(44(34)54)38-12-14-41(52)47-43(38)53/h5-11,13,21-24,36,38,42,51H,2-4,12,14-20,25-26H2,1H3,(H,47,52,53)/t36-,38?,42-/m1/s1. The molecule has 2 N–H and O–H groups in total. The molecule has 4 aliphatic heterocycles. The normalized spacial score (nSPS) is 21.1. The molecule has 4 aromatic carbocycles. The summed E-state index contributed by atoms with van der Waals surface area (Å²) in [6.45, 7) is 7.49. The van der Waals surface area contributed by atoms with Gasteiger partial charge < -0.3 is 24.4 Å². The number of hydrogen-bond acceptors (Lipinski definition) is 8. The van der Waals surface area contributed by atoms with Crippen molar-refractivity contribution in [3.8, 4) is 17.2 Å².